The molecule has 5 heteroatoms. The number of hydrogen-bond donors (Lipinski definition) is 1. The molecule has 1 aliphatic rings. The zero-order valence-electron chi connectivity index (χ0n) is 11.8. The number of benzene rings is 2. The van der Waals surface area contributed by atoms with E-state index in [1.54, 1.807) is 36.4 Å². The van der Waals surface area contributed by atoms with Gasteiger partial charge in [0.1, 0.15) is 5.82 Å². The molecule has 0 aromatic heterocycles. The lowest BCUT2D eigenvalue weighted by atomic mass is 10.2. The van der Waals surface area contributed by atoms with Crippen molar-refractivity contribution in [2.45, 2.75) is 19.0 Å². The summed E-state index contributed by atoms with van der Waals surface area (Å²) in [6.07, 6.45) is 0.134. The summed E-state index contributed by atoms with van der Waals surface area (Å²) in [5.74, 6) is -0.766. The molecule has 1 atom stereocenters. The van der Waals surface area contributed by atoms with E-state index in [2.05, 4.69) is 5.32 Å². The molecule has 1 aliphatic heterocycles. The summed E-state index contributed by atoms with van der Waals surface area (Å²) in [7, 11) is 0. The first-order valence-electron chi connectivity index (χ1n) is 7.05. The van der Waals surface area contributed by atoms with E-state index in [1.165, 1.54) is 17.0 Å². The van der Waals surface area contributed by atoms with Gasteiger partial charge in [-0.15, -0.1) is 0 Å². The number of imide groups is 1. The minimum Gasteiger partial charge on any atom is -0.301 e. The lowest BCUT2D eigenvalue weighted by molar-refractivity contribution is -0.121. The molecule has 3 rings (SSSR count). The molecule has 22 heavy (non-hydrogen) atoms. The number of halogens is 1. The van der Waals surface area contributed by atoms with E-state index < -0.39 is 6.04 Å². The first-order chi connectivity index (χ1) is 10.6. The van der Waals surface area contributed by atoms with E-state index >= 15 is 0 Å². The number of anilines is 1. The second-order valence-electron chi connectivity index (χ2n) is 5.17. The number of nitrogens with zero attached hydrogens (tertiary/aromatic N) is 1. The molecule has 112 valence electrons. The van der Waals surface area contributed by atoms with E-state index in [1.807, 2.05) is 6.07 Å². The minimum absolute atomic E-state index is 0.134. The number of carbonyl (C=O) groups excluding carboxylic acids is 2. The number of amides is 2. The van der Waals surface area contributed by atoms with Gasteiger partial charge < -0.3 is 5.32 Å². The van der Waals surface area contributed by atoms with Crippen LogP contribution in [0.2, 0.25) is 0 Å². The molecule has 2 aromatic rings. The monoisotopic (exact) mass is 298 g/mol. The molecule has 2 amide bonds. The third-order valence-corrected chi connectivity index (χ3v) is 3.63. The molecule has 1 saturated heterocycles. The number of carbonyl (C=O) groups is 2. The van der Waals surface area contributed by atoms with Crippen LogP contribution in [0.15, 0.2) is 54.6 Å². The van der Waals surface area contributed by atoms with Gasteiger partial charge in [-0.3, -0.25) is 9.59 Å². The highest BCUT2D eigenvalue weighted by molar-refractivity contribution is 6.22. The molecular weight excluding hydrogens is 283 g/mol. The number of hydrogen-bond acceptors (Lipinski definition) is 3. The average Bonchev–Trinajstić information content (AvgIpc) is 2.82. The molecule has 0 saturated carbocycles. The normalized spacial score (nSPS) is 18.0. The highest BCUT2D eigenvalue weighted by Gasteiger charge is 2.39. The van der Waals surface area contributed by atoms with E-state index in [0.717, 1.165) is 5.56 Å². The van der Waals surface area contributed by atoms with Gasteiger partial charge in [0.2, 0.25) is 5.91 Å². The molecule has 1 N–H and O–H groups in total. The topological polar surface area (TPSA) is 49.4 Å². The molecule has 0 radical (unpaired) electrons. The Hall–Kier alpha value is -2.53. The van der Waals surface area contributed by atoms with E-state index in [-0.39, 0.29) is 24.1 Å². The SMILES string of the molecule is O=C1C[C@H](NCc2ccc(F)cc2)C(=O)N1c1ccccc1. The third kappa shape index (κ3) is 2.89. The molecule has 2 aromatic carbocycles. The molecular formula is C17H15FN2O2. The fourth-order valence-corrected chi connectivity index (χ4v) is 2.48. The van der Waals surface area contributed by atoms with Gasteiger partial charge in [0.15, 0.2) is 0 Å². The summed E-state index contributed by atoms with van der Waals surface area (Å²) in [5.41, 5.74) is 1.45. The van der Waals surface area contributed by atoms with Crippen LogP contribution >= 0.6 is 0 Å². The number of nitrogens with one attached hydrogen (secondary N) is 1. The van der Waals surface area contributed by atoms with Crippen molar-refractivity contribution >= 4 is 17.5 Å². The van der Waals surface area contributed by atoms with Gasteiger partial charge in [0.25, 0.3) is 5.91 Å². The van der Waals surface area contributed by atoms with Crippen LogP contribution in [0.25, 0.3) is 0 Å². The second kappa shape index (κ2) is 6.07. The van der Waals surface area contributed by atoms with Crippen molar-refractivity contribution in [3.63, 3.8) is 0 Å². The van der Waals surface area contributed by atoms with Crippen molar-refractivity contribution in [2.24, 2.45) is 0 Å². The van der Waals surface area contributed by atoms with Crippen LogP contribution in [0.4, 0.5) is 10.1 Å². The first-order valence-corrected chi connectivity index (χ1v) is 7.05. The van der Waals surface area contributed by atoms with Gasteiger partial charge in [-0.1, -0.05) is 30.3 Å². The zero-order valence-corrected chi connectivity index (χ0v) is 11.8. The molecule has 1 heterocycles. The minimum atomic E-state index is -0.544. The van der Waals surface area contributed by atoms with Crippen molar-refractivity contribution in [3.8, 4) is 0 Å². The van der Waals surface area contributed by atoms with Crippen LogP contribution in [0.1, 0.15) is 12.0 Å². The highest BCUT2D eigenvalue weighted by atomic mass is 19.1. The third-order valence-electron chi connectivity index (χ3n) is 3.63. The van der Waals surface area contributed by atoms with Crippen molar-refractivity contribution in [2.75, 3.05) is 4.90 Å². The van der Waals surface area contributed by atoms with Crippen LogP contribution in [0.3, 0.4) is 0 Å². The molecule has 0 unspecified atom stereocenters. The second-order valence-corrected chi connectivity index (χ2v) is 5.17. The quantitative estimate of drug-likeness (QED) is 0.881. The maximum Gasteiger partial charge on any atom is 0.251 e. The molecule has 0 spiro atoms. The lowest BCUT2D eigenvalue weighted by Gasteiger charge is -2.15. The van der Waals surface area contributed by atoms with E-state index in [4.69, 9.17) is 0 Å². The average molecular weight is 298 g/mol. The summed E-state index contributed by atoms with van der Waals surface area (Å²) in [4.78, 5) is 25.7. The largest absolute Gasteiger partial charge is 0.301 e. The standard InChI is InChI=1S/C17H15FN2O2/c18-13-8-6-12(7-9-13)11-19-15-10-16(21)20(17(15)22)14-4-2-1-3-5-14/h1-9,15,19H,10-11H2/t15-/m0/s1. The van der Waals surface area contributed by atoms with Crippen molar-refractivity contribution in [1.82, 2.24) is 5.32 Å². The summed E-state index contributed by atoms with van der Waals surface area (Å²) < 4.78 is 12.9. The Morgan fingerprint density at radius 1 is 1.05 bits per heavy atom. The predicted octanol–water partition coefficient (Wildman–Crippen LogP) is 2.25. The Bertz CT molecular complexity index is 686. The Balaban J connectivity index is 1.68. The lowest BCUT2D eigenvalue weighted by Crippen LogP contribution is -2.38. The number of rotatable bonds is 4. The van der Waals surface area contributed by atoms with Crippen molar-refractivity contribution < 1.29 is 14.0 Å². The highest BCUT2D eigenvalue weighted by Crippen LogP contribution is 2.22. The van der Waals surface area contributed by atoms with Crippen LogP contribution in [-0.2, 0) is 16.1 Å². The maximum absolute atomic E-state index is 12.9. The van der Waals surface area contributed by atoms with Crippen LogP contribution in [0.5, 0.6) is 0 Å². The van der Waals surface area contributed by atoms with Gasteiger partial charge >= 0.3 is 0 Å². The Morgan fingerprint density at radius 2 is 1.73 bits per heavy atom. The zero-order chi connectivity index (χ0) is 15.5. The number of para-hydroxylation sites is 1. The molecule has 0 bridgehead atoms. The summed E-state index contributed by atoms with van der Waals surface area (Å²) in [6, 6.07) is 14.4. The molecule has 4 nitrogen and oxygen atoms in total. The van der Waals surface area contributed by atoms with Gasteiger partial charge in [-0.2, -0.15) is 0 Å². The van der Waals surface area contributed by atoms with Gasteiger partial charge in [-0.25, -0.2) is 9.29 Å². The Labute approximate surface area is 127 Å². The molecule has 0 aliphatic carbocycles. The van der Waals surface area contributed by atoms with Crippen molar-refractivity contribution in [1.29, 1.82) is 0 Å². The van der Waals surface area contributed by atoms with Crippen LogP contribution in [0, 0.1) is 5.82 Å². The van der Waals surface area contributed by atoms with E-state index in [9.17, 15) is 14.0 Å². The fourth-order valence-electron chi connectivity index (χ4n) is 2.48. The first kappa shape index (κ1) is 14.4. The Kier molecular flexibility index (Phi) is 3.98. The summed E-state index contributed by atoms with van der Waals surface area (Å²) in [6.45, 7) is 0.409. The van der Waals surface area contributed by atoms with Crippen LogP contribution in [-0.4, -0.2) is 17.9 Å². The molecule has 1 fully saturated rings. The van der Waals surface area contributed by atoms with Gasteiger partial charge in [0, 0.05) is 6.54 Å². The smallest absolute Gasteiger partial charge is 0.251 e. The van der Waals surface area contributed by atoms with Crippen molar-refractivity contribution in [3.05, 3.63) is 66.0 Å². The van der Waals surface area contributed by atoms with Gasteiger partial charge in [0.05, 0.1) is 18.2 Å². The maximum atomic E-state index is 12.9. The van der Waals surface area contributed by atoms with Gasteiger partial charge in [-0.05, 0) is 29.8 Å². The fraction of sp³-hybridized carbons (Fsp3) is 0.176. The Morgan fingerprint density at radius 3 is 2.41 bits per heavy atom. The summed E-state index contributed by atoms with van der Waals surface area (Å²) >= 11 is 0. The van der Waals surface area contributed by atoms with Crippen LogP contribution < -0.4 is 10.2 Å². The van der Waals surface area contributed by atoms with E-state index in [0.29, 0.717) is 12.2 Å². The predicted molar refractivity (Wildman–Crippen MR) is 80.6 cm³/mol. The summed E-state index contributed by atoms with van der Waals surface area (Å²) in [5, 5.41) is 3.06.